The quantitative estimate of drug-likeness (QED) is 0.847. The first-order valence-electron chi connectivity index (χ1n) is 6.24. The zero-order valence-corrected chi connectivity index (χ0v) is 10.2. The number of pyridine rings is 1. The molecule has 0 aliphatic heterocycles. The van der Waals surface area contributed by atoms with E-state index in [0.717, 1.165) is 32.2 Å². The number of hydrogen-bond donors (Lipinski definition) is 1. The molecule has 92 valence electrons. The van der Waals surface area contributed by atoms with Gasteiger partial charge >= 0.3 is 0 Å². The van der Waals surface area contributed by atoms with E-state index >= 15 is 0 Å². The van der Waals surface area contributed by atoms with Gasteiger partial charge in [-0.05, 0) is 25.3 Å². The van der Waals surface area contributed by atoms with E-state index < -0.39 is 0 Å². The molecule has 0 spiro atoms. The van der Waals surface area contributed by atoms with Gasteiger partial charge in [0.15, 0.2) is 0 Å². The van der Waals surface area contributed by atoms with E-state index in [9.17, 15) is 4.79 Å². The van der Waals surface area contributed by atoms with E-state index in [4.69, 9.17) is 5.73 Å². The summed E-state index contributed by atoms with van der Waals surface area (Å²) in [5, 5.41) is 0. The predicted molar refractivity (Wildman–Crippen MR) is 67.6 cm³/mol. The number of carbonyl (C=O) groups is 1. The summed E-state index contributed by atoms with van der Waals surface area (Å²) in [4.78, 5) is 18.3. The van der Waals surface area contributed by atoms with E-state index in [-0.39, 0.29) is 5.91 Å². The number of nitrogens with zero attached hydrogens (tertiary/aromatic N) is 2. The number of amides is 1. The highest BCUT2D eigenvalue weighted by molar-refractivity contribution is 5.99. The van der Waals surface area contributed by atoms with Crippen LogP contribution < -0.4 is 5.73 Å². The van der Waals surface area contributed by atoms with Gasteiger partial charge in [0, 0.05) is 30.7 Å². The Balaban J connectivity index is 2.13. The van der Waals surface area contributed by atoms with Gasteiger partial charge in [-0.1, -0.05) is 13.3 Å². The molecule has 1 fully saturated rings. The fourth-order valence-corrected chi connectivity index (χ4v) is 1.90. The average Bonchev–Trinajstić information content (AvgIpc) is 3.14. The SMILES string of the molecule is CCCCN(C(=O)c1cnccc1N)C1CC1. The number of aromatic nitrogens is 1. The molecule has 0 aromatic carbocycles. The summed E-state index contributed by atoms with van der Waals surface area (Å²) >= 11 is 0. The van der Waals surface area contributed by atoms with Gasteiger partial charge in [-0.15, -0.1) is 0 Å². The van der Waals surface area contributed by atoms with Gasteiger partial charge in [0.1, 0.15) is 0 Å². The Labute approximate surface area is 102 Å². The lowest BCUT2D eigenvalue weighted by atomic mass is 10.2. The Morgan fingerprint density at radius 3 is 2.94 bits per heavy atom. The molecule has 1 aromatic rings. The van der Waals surface area contributed by atoms with Crippen molar-refractivity contribution in [2.45, 2.75) is 38.6 Å². The number of hydrogen-bond acceptors (Lipinski definition) is 3. The van der Waals surface area contributed by atoms with Crippen LogP contribution in [0.1, 0.15) is 43.0 Å². The third-order valence-corrected chi connectivity index (χ3v) is 3.09. The molecule has 0 radical (unpaired) electrons. The normalized spacial score (nSPS) is 14.6. The third kappa shape index (κ3) is 2.75. The van der Waals surface area contributed by atoms with E-state index in [1.165, 1.54) is 0 Å². The zero-order chi connectivity index (χ0) is 12.3. The number of anilines is 1. The van der Waals surface area contributed by atoms with Crippen molar-refractivity contribution < 1.29 is 4.79 Å². The summed E-state index contributed by atoms with van der Waals surface area (Å²) in [5.74, 6) is 0.0338. The molecule has 17 heavy (non-hydrogen) atoms. The van der Waals surface area contributed by atoms with Crippen LogP contribution in [-0.4, -0.2) is 28.4 Å². The fraction of sp³-hybridized carbons (Fsp3) is 0.538. The van der Waals surface area contributed by atoms with Crippen molar-refractivity contribution in [3.63, 3.8) is 0 Å². The Kier molecular flexibility index (Phi) is 3.61. The predicted octanol–water partition coefficient (Wildman–Crippen LogP) is 2.07. The topological polar surface area (TPSA) is 59.2 Å². The molecule has 1 amide bonds. The lowest BCUT2D eigenvalue weighted by molar-refractivity contribution is 0.0741. The van der Waals surface area contributed by atoms with Crippen molar-refractivity contribution in [3.8, 4) is 0 Å². The van der Waals surface area contributed by atoms with Crippen LogP contribution >= 0.6 is 0 Å². The largest absolute Gasteiger partial charge is 0.398 e. The molecule has 0 unspecified atom stereocenters. The summed E-state index contributed by atoms with van der Waals surface area (Å²) < 4.78 is 0. The number of rotatable bonds is 5. The smallest absolute Gasteiger partial charge is 0.257 e. The minimum absolute atomic E-state index is 0.0338. The average molecular weight is 233 g/mol. The second-order valence-corrected chi connectivity index (χ2v) is 4.55. The maximum absolute atomic E-state index is 12.4. The number of carbonyl (C=O) groups excluding carboxylic acids is 1. The van der Waals surface area contributed by atoms with Crippen molar-refractivity contribution in [1.82, 2.24) is 9.88 Å². The van der Waals surface area contributed by atoms with Crippen LogP contribution in [0.2, 0.25) is 0 Å². The minimum atomic E-state index is 0.0338. The lowest BCUT2D eigenvalue weighted by Gasteiger charge is -2.22. The van der Waals surface area contributed by atoms with E-state index in [1.54, 1.807) is 18.5 Å². The van der Waals surface area contributed by atoms with Gasteiger partial charge in [0.05, 0.1) is 5.56 Å². The maximum atomic E-state index is 12.4. The molecule has 0 saturated heterocycles. The molecule has 1 aliphatic carbocycles. The number of nitrogens with two attached hydrogens (primary N) is 1. The molecule has 4 nitrogen and oxygen atoms in total. The van der Waals surface area contributed by atoms with E-state index in [1.807, 2.05) is 4.90 Å². The van der Waals surface area contributed by atoms with Gasteiger partial charge in [-0.2, -0.15) is 0 Å². The van der Waals surface area contributed by atoms with Crippen LogP contribution in [0.15, 0.2) is 18.5 Å². The first-order valence-corrected chi connectivity index (χ1v) is 6.24. The Hall–Kier alpha value is -1.58. The Bertz CT molecular complexity index is 401. The van der Waals surface area contributed by atoms with Crippen molar-refractivity contribution in [2.24, 2.45) is 0 Å². The minimum Gasteiger partial charge on any atom is -0.398 e. The molecule has 4 heteroatoms. The van der Waals surface area contributed by atoms with Crippen LogP contribution in [0.4, 0.5) is 5.69 Å². The summed E-state index contributed by atoms with van der Waals surface area (Å²) in [6, 6.07) is 2.10. The second-order valence-electron chi connectivity index (χ2n) is 4.55. The Morgan fingerprint density at radius 2 is 2.35 bits per heavy atom. The molecule has 1 saturated carbocycles. The monoisotopic (exact) mass is 233 g/mol. The summed E-state index contributed by atoms with van der Waals surface area (Å²) in [6.45, 7) is 2.96. The van der Waals surface area contributed by atoms with Gasteiger partial charge in [-0.3, -0.25) is 9.78 Å². The molecular weight excluding hydrogens is 214 g/mol. The highest BCUT2D eigenvalue weighted by atomic mass is 16.2. The maximum Gasteiger partial charge on any atom is 0.257 e. The second kappa shape index (κ2) is 5.17. The molecular formula is C13H19N3O. The number of nitrogen functional groups attached to an aromatic ring is 1. The molecule has 0 bridgehead atoms. The van der Waals surface area contributed by atoms with Crippen LogP contribution in [0.3, 0.4) is 0 Å². The molecule has 1 aromatic heterocycles. The fourth-order valence-electron chi connectivity index (χ4n) is 1.90. The number of unbranched alkanes of at least 4 members (excludes halogenated alkanes) is 1. The highest BCUT2D eigenvalue weighted by Crippen LogP contribution is 2.29. The molecule has 1 heterocycles. The van der Waals surface area contributed by atoms with E-state index in [0.29, 0.717) is 17.3 Å². The summed E-state index contributed by atoms with van der Waals surface area (Å²) in [6.07, 6.45) is 7.56. The summed E-state index contributed by atoms with van der Waals surface area (Å²) in [7, 11) is 0. The van der Waals surface area contributed by atoms with Crippen molar-refractivity contribution in [2.75, 3.05) is 12.3 Å². The first-order chi connectivity index (χ1) is 8.24. The molecule has 1 aliphatic rings. The lowest BCUT2D eigenvalue weighted by Crippen LogP contribution is -2.34. The highest BCUT2D eigenvalue weighted by Gasteiger charge is 2.33. The van der Waals surface area contributed by atoms with Gasteiger partial charge in [0.2, 0.25) is 0 Å². The van der Waals surface area contributed by atoms with Crippen molar-refractivity contribution in [3.05, 3.63) is 24.0 Å². The summed E-state index contributed by atoms with van der Waals surface area (Å²) in [5.41, 5.74) is 6.88. The van der Waals surface area contributed by atoms with Crippen LogP contribution in [0.25, 0.3) is 0 Å². The van der Waals surface area contributed by atoms with Crippen molar-refractivity contribution >= 4 is 11.6 Å². The van der Waals surface area contributed by atoms with Gasteiger partial charge in [-0.25, -0.2) is 0 Å². The van der Waals surface area contributed by atoms with Gasteiger partial charge < -0.3 is 10.6 Å². The standard InChI is InChI=1S/C13H19N3O/c1-2-3-8-16(10-4-5-10)13(17)11-9-15-7-6-12(11)14/h6-7,9-10H,2-5,8H2,1H3,(H2,14,15). The Morgan fingerprint density at radius 1 is 1.59 bits per heavy atom. The van der Waals surface area contributed by atoms with Gasteiger partial charge in [0.25, 0.3) is 5.91 Å². The molecule has 2 rings (SSSR count). The first kappa shape index (κ1) is 11.9. The third-order valence-electron chi connectivity index (χ3n) is 3.09. The van der Waals surface area contributed by atoms with Crippen molar-refractivity contribution in [1.29, 1.82) is 0 Å². The zero-order valence-electron chi connectivity index (χ0n) is 10.2. The molecule has 0 atom stereocenters. The molecule has 2 N–H and O–H groups in total. The van der Waals surface area contributed by atoms with E-state index in [2.05, 4.69) is 11.9 Å². The van der Waals surface area contributed by atoms with Crippen LogP contribution in [0, 0.1) is 0 Å². The van der Waals surface area contributed by atoms with Crippen LogP contribution in [-0.2, 0) is 0 Å². The van der Waals surface area contributed by atoms with Crippen LogP contribution in [0.5, 0.6) is 0 Å².